The topological polar surface area (TPSA) is 56.7 Å². The summed E-state index contributed by atoms with van der Waals surface area (Å²) in [6, 6.07) is 1.87. The van der Waals surface area contributed by atoms with E-state index in [0.29, 0.717) is 5.82 Å². The molecule has 1 aliphatic carbocycles. The van der Waals surface area contributed by atoms with E-state index in [1.807, 2.05) is 16.9 Å². The SMILES string of the molecule is Nc1cc2cnn(CC3CC3)c2cn1. The van der Waals surface area contributed by atoms with Gasteiger partial charge in [-0.15, -0.1) is 0 Å². The van der Waals surface area contributed by atoms with Crippen LogP contribution < -0.4 is 5.73 Å². The van der Waals surface area contributed by atoms with Gasteiger partial charge in [0, 0.05) is 11.9 Å². The minimum Gasteiger partial charge on any atom is -0.384 e. The molecule has 0 amide bonds. The van der Waals surface area contributed by atoms with E-state index in [0.717, 1.165) is 23.4 Å². The molecule has 0 aromatic carbocycles. The lowest BCUT2D eigenvalue weighted by Crippen LogP contribution is -2.01. The van der Waals surface area contributed by atoms with Crippen LogP contribution in [0.5, 0.6) is 0 Å². The second-order valence-corrected chi connectivity index (χ2v) is 3.94. The van der Waals surface area contributed by atoms with Crippen molar-refractivity contribution in [2.75, 3.05) is 5.73 Å². The number of fused-ring (bicyclic) bond motifs is 1. The van der Waals surface area contributed by atoms with Gasteiger partial charge in [-0.25, -0.2) is 4.98 Å². The Morgan fingerprint density at radius 2 is 2.29 bits per heavy atom. The van der Waals surface area contributed by atoms with Gasteiger partial charge < -0.3 is 5.73 Å². The molecular weight excluding hydrogens is 176 g/mol. The van der Waals surface area contributed by atoms with Crippen LogP contribution in [0.15, 0.2) is 18.5 Å². The zero-order valence-corrected chi connectivity index (χ0v) is 7.85. The summed E-state index contributed by atoms with van der Waals surface area (Å²) in [6.07, 6.45) is 6.34. The van der Waals surface area contributed by atoms with Gasteiger partial charge in [0.15, 0.2) is 0 Å². The van der Waals surface area contributed by atoms with Crippen LogP contribution in [0.4, 0.5) is 5.82 Å². The molecule has 4 nitrogen and oxygen atoms in total. The highest BCUT2D eigenvalue weighted by molar-refractivity contribution is 5.79. The van der Waals surface area contributed by atoms with Gasteiger partial charge in [-0.1, -0.05) is 0 Å². The molecule has 2 aromatic heterocycles. The first-order valence-corrected chi connectivity index (χ1v) is 4.90. The average Bonchev–Trinajstić information content (AvgIpc) is 2.89. The second kappa shape index (κ2) is 2.70. The van der Waals surface area contributed by atoms with Crippen LogP contribution in [0.2, 0.25) is 0 Å². The lowest BCUT2D eigenvalue weighted by atomic mass is 10.3. The summed E-state index contributed by atoms with van der Waals surface area (Å²) >= 11 is 0. The van der Waals surface area contributed by atoms with E-state index in [1.54, 1.807) is 6.20 Å². The Labute approximate surface area is 81.7 Å². The van der Waals surface area contributed by atoms with Crippen molar-refractivity contribution in [3.05, 3.63) is 18.5 Å². The van der Waals surface area contributed by atoms with Gasteiger partial charge in [-0.2, -0.15) is 5.10 Å². The zero-order chi connectivity index (χ0) is 9.54. The maximum Gasteiger partial charge on any atom is 0.124 e. The Morgan fingerprint density at radius 3 is 3.07 bits per heavy atom. The maximum absolute atomic E-state index is 5.60. The Kier molecular flexibility index (Phi) is 1.50. The van der Waals surface area contributed by atoms with Gasteiger partial charge in [0.05, 0.1) is 17.9 Å². The summed E-state index contributed by atoms with van der Waals surface area (Å²) in [5, 5.41) is 5.42. The first kappa shape index (κ1) is 7.79. The van der Waals surface area contributed by atoms with Gasteiger partial charge in [0.2, 0.25) is 0 Å². The molecule has 14 heavy (non-hydrogen) atoms. The van der Waals surface area contributed by atoms with Crippen LogP contribution in [0.1, 0.15) is 12.8 Å². The fourth-order valence-corrected chi connectivity index (χ4v) is 1.68. The summed E-state index contributed by atoms with van der Waals surface area (Å²) in [5.74, 6) is 1.39. The van der Waals surface area contributed by atoms with Gasteiger partial charge in [0.25, 0.3) is 0 Å². The third-order valence-electron chi connectivity index (χ3n) is 2.68. The summed E-state index contributed by atoms with van der Waals surface area (Å²) in [4.78, 5) is 4.08. The number of aromatic nitrogens is 3. The van der Waals surface area contributed by atoms with Crippen molar-refractivity contribution >= 4 is 16.7 Å². The Hall–Kier alpha value is -1.58. The van der Waals surface area contributed by atoms with E-state index < -0.39 is 0 Å². The molecule has 2 heterocycles. The molecule has 0 radical (unpaired) electrons. The fraction of sp³-hybridized carbons (Fsp3) is 0.400. The molecule has 0 saturated heterocycles. The number of anilines is 1. The minimum atomic E-state index is 0.559. The van der Waals surface area contributed by atoms with E-state index in [4.69, 9.17) is 5.73 Å². The predicted octanol–water partition coefficient (Wildman–Crippen LogP) is 1.42. The van der Waals surface area contributed by atoms with Crippen molar-refractivity contribution in [2.24, 2.45) is 5.92 Å². The number of hydrogen-bond acceptors (Lipinski definition) is 3. The van der Waals surface area contributed by atoms with E-state index in [2.05, 4.69) is 10.1 Å². The maximum atomic E-state index is 5.60. The van der Waals surface area contributed by atoms with Gasteiger partial charge in [0.1, 0.15) is 5.82 Å². The fourth-order valence-electron chi connectivity index (χ4n) is 1.68. The largest absolute Gasteiger partial charge is 0.384 e. The van der Waals surface area contributed by atoms with Crippen molar-refractivity contribution in [3.63, 3.8) is 0 Å². The highest BCUT2D eigenvalue weighted by atomic mass is 15.3. The minimum absolute atomic E-state index is 0.559. The van der Waals surface area contributed by atoms with Crippen LogP contribution in [-0.4, -0.2) is 14.8 Å². The zero-order valence-electron chi connectivity index (χ0n) is 7.85. The standard InChI is InChI=1S/C10H12N4/c11-10-3-8-4-13-14(6-7-1-2-7)9(8)5-12-10/h3-5,7H,1-2,6H2,(H2,11,12). The lowest BCUT2D eigenvalue weighted by Gasteiger charge is -2.00. The Balaban J connectivity index is 2.06. The molecular formula is C10H12N4. The highest BCUT2D eigenvalue weighted by Crippen LogP contribution is 2.31. The van der Waals surface area contributed by atoms with Gasteiger partial charge in [-0.05, 0) is 24.8 Å². The van der Waals surface area contributed by atoms with Crippen LogP contribution in [-0.2, 0) is 6.54 Å². The molecule has 1 fully saturated rings. The predicted molar refractivity (Wildman–Crippen MR) is 54.7 cm³/mol. The van der Waals surface area contributed by atoms with Crippen molar-refractivity contribution in [1.82, 2.24) is 14.8 Å². The molecule has 4 heteroatoms. The average molecular weight is 188 g/mol. The molecule has 1 aliphatic rings. The molecule has 1 saturated carbocycles. The van der Waals surface area contributed by atoms with E-state index in [-0.39, 0.29) is 0 Å². The summed E-state index contributed by atoms with van der Waals surface area (Å²) in [6.45, 7) is 1.02. The molecule has 2 aromatic rings. The summed E-state index contributed by atoms with van der Waals surface area (Å²) in [7, 11) is 0. The normalized spacial score (nSPS) is 16.3. The number of nitrogens with zero attached hydrogens (tertiary/aromatic N) is 3. The first-order valence-electron chi connectivity index (χ1n) is 4.90. The molecule has 0 spiro atoms. The van der Waals surface area contributed by atoms with Crippen LogP contribution in [0.3, 0.4) is 0 Å². The smallest absolute Gasteiger partial charge is 0.124 e. The van der Waals surface area contributed by atoms with Crippen LogP contribution in [0.25, 0.3) is 10.9 Å². The molecule has 72 valence electrons. The number of pyridine rings is 1. The number of hydrogen-bond donors (Lipinski definition) is 1. The van der Waals surface area contributed by atoms with E-state index in [1.165, 1.54) is 12.8 Å². The summed E-state index contributed by atoms with van der Waals surface area (Å²) < 4.78 is 2.03. The third kappa shape index (κ3) is 1.23. The molecule has 0 aliphatic heterocycles. The quantitative estimate of drug-likeness (QED) is 0.775. The summed E-state index contributed by atoms with van der Waals surface area (Å²) in [5.41, 5.74) is 6.69. The molecule has 0 bridgehead atoms. The van der Waals surface area contributed by atoms with E-state index in [9.17, 15) is 0 Å². The highest BCUT2D eigenvalue weighted by Gasteiger charge is 2.22. The Bertz CT molecular complexity index is 470. The Morgan fingerprint density at radius 1 is 1.43 bits per heavy atom. The van der Waals surface area contributed by atoms with Gasteiger partial charge >= 0.3 is 0 Å². The van der Waals surface area contributed by atoms with Crippen LogP contribution >= 0.6 is 0 Å². The van der Waals surface area contributed by atoms with Crippen molar-refractivity contribution in [2.45, 2.75) is 19.4 Å². The van der Waals surface area contributed by atoms with E-state index >= 15 is 0 Å². The molecule has 2 N–H and O–H groups in total. The number of rotatable bonds is 2. The number of nitrogen functional groups attached to an aromatic ring is 1. The lowest BCUT2D eigenvalue weighted by molar-refractivity contribution is 0.580. The van der Waals surface area contributed by atoms with Crippen LogP contribution in [0, 0.1) is 5.92 Å². The second-order valence-electron chi connectivity index (χ2n) is 3.94. The molecule has 0 unspecified atom stereocenters. The van der Waals surface area contributed by atoms with Crippen molar-refractivity contribution in [1.29, 1.82) is 0 Å². The third-order valence-corrected chi connectivity index (χ3v) is 2.68. The number of nitrogens with two attached hydrogens (primary N) is 1. The van der Waals surface area contributed by atoms with Crippen molar-refractivity contribution < 1.29 is 0 Å². The monoisotopic (exact) mass is 188 g/mol. The molecule has 3 rings (SSSR count). The molecule has 0 atom stereocenters. The van der Waals surface area contributed by atoms with Crippen molar-refractivity contribution in [3.8, 4) is 0 Å². The van der Waals surface area contributed by atoms with Gasteiger partial charge in [-0.3, -0.25) is 4.68 Å². The first-order chi connectivity index (χ1) is 6.83.